The van der Waals surface area contributed by atoms with Crippen LogP contribution in [0.1, 0.15) is 57.1 Å². The van der Waals surface area contributed by atoms with Gasteiger partial charge in [-0.15, -0.1) is 10.2 Å². The van der Waals surface area contributed by atoms with E-state index in [2.05, 4.69) is 27.0 Å². The second-order valence-electron chi connectivity index (χ2n) is 5.61. The van der Waals surface area contributed by atoms with Gasteiger partial charge < -0.3 is 9.88 Å². The fourth-order valence-electron chi connectivity index (χ4n) is 2.90. The molecule has 1 fully saturated rings. The first kappa shape index (κ1) is 13.5. The molecule has 0 amide bonds. The molecule has 1 heterocycles. The molecule has 0 unspecified atom stereocenters. The zero-order valence-corrected chi connectivity index (χ0v) is 11.9. The van der Waals surface area contributed by atoms with Gasteiger partial charge in [-0.1, -0.05) is 19.8 Å². The molecule has 1 N–H and O–H groups in total. The molecule has 1 saturated carbocycles. The first-order valence-electron chi connectivity index (χ1n) is 7.29. The van der Waals surface area contributed by atoms with Gasteiger partial charge in [0, 0.05) is 13.1 Å². The first-order valence-corrected chi connectivity index (χ1v) is 7.29. The molecule has 2 rings (SSSR count). The van der Waals surface area contributed by atoms with Gasteiger partial charge in [0.05, 0.1) is 6.54 Å². The predicted molar refractivity (Wildman–Crippen MR) is 73.2 cm³/mol. The topological polar surface area (TPSA) is 42.7 Å². The summed E-state index contributed by atoms with van der Waals surface area (Å²) in [4.78, 5) is 0. The van der Waals surface area contributed by atoms with E-state index in [1.807, 2.05) is 14.0 Å². The molecule has 0 aliphatic heterocycles. The Labute approximate surface area is 110 Å². The van der Waals surface area contributed by atoms with E-state index < -0.39 is 0 Å². The third kappa shape index (κ3) is 3.31. The summed E-state index contributed by atoms with van der Waals surface area (Å²) in [5.41, 5.74) is 0. The average Bonchev–Trinajstić information content (AvgIpc) is 2.70. The summed E-state index contributed by atoms with van der Waals surface area (Å²) >= 11 is 0. The molecular weight excluding hydrogens is 224 g/mol. The van der Waals surface area contributed by atoms with Crippen LogP contribution in [0, 0.1) is 12.8 Å². The van der Waals surface area contributed by atoms with Crippen molar-refractivity contribution in [1.82, 2.24) is 20.1 Å². The van der Waals surface area contributed by atoms with Crippen molar-refractivity contribution in [2.75, 3.05) is 0 Å². The molecule has 4 heteroatoms. The van der Waals surface area contributed by atoms with Crippen LogP contribution in [-0.2, 0) is 13.6 Å². The molecule has 1 aliphatic carbocycles. The molecular formula is C14H26N4. The maximum absolute atomic E-state index is 4.19. The number of hydrogen-bond acceptors (Lipinski definition) is 3. The van der Waals surface area contributed by atoms with E-state index in [1.54, 1.807) is 0 Å². The molecule has 0 bridgehead atoms. The first-order chi connectivity index (χ1) is 8.70. The van der Waals surface area contributed by atoms with Crippen LogP contribution in [0.2, 0.25) is 0 Å². The molecule has 1 aliphatic rings. The molecule has 0 atom stereocenters. The van der Waals surface area contributed by atoms with Crippen molar-refractivity contribution >= 4 is 0 Å². The minimum absolute atomic E-state index is 0.676. The highest BCUT2D eigenvalue weighted by Crippen LogP contribution is 2.27. The summed E-state index contributed by atoms with van der Waals surface area (Å²) in [5, 5.41) is 11.9. The van der Waals surface area contributed by atoms with Crippen LogP contribution in [-0.4, -0.2) is 20.8 Å². The van der Waals surface area contributed by atoms with E-state index in [0.717, 1.165) is 24.1 Å². The van der Waals surface area contributed by atoms with Crippen LogP contribution < -0.4 is 5.32 Å². The monoisotopic (exact) mass is 250 g/mol. The Morgan fingerprint density at radius 3 is 2.50 bits per heavy atom. The maximum Gasteiger partial charge on any atom is 0.146 e. The maximum atomic E-state index is 4.19. The lowest BCUT2D eigenvalue weighted by molar-refractivity contribution is 0.276. The predicted octanol–water partition coefficient (Wildman–Crippen LogP) is 2.57. The van der Waals surface area contributed by atoms with Crippen molar-refractivity contribution in [3.05, 3.63) is 11.6 Å². The Balaban J connectivity index is 1.74. The smallest absolute Gasteiger partial charge is 0.146 e. The second kappa shape index (κ2) is 6.32. The van der Waals surface area contributed by atoms with Crippen LogP contribution in [0.3, 0.4) is 0 Å². The van der Waals surface area contributed by atoms with Crippen molar-refractivity contribution in [2.24, 2.45) is 13.0 Å². The van der Waals surface area contributed by atoms with Crippen molar-refractivity contribution in [3.8, 4) is 0 Å². The summed E-state index contributed by atoms with van der Waals surface area (Å²) in [6.07, 6.45) is 8.17. The summed E-state index contributed by atoms with van der Waals surface area (Å²) < 4.78 is 2.07. The minimum Gasteiger partial charge on any atom is -0.317 e. The molecule has 0 saturated heterocycles. The van der Waals surface area contributed by atoms with E-state index in [-0.39, 0.29) is 0 Å². The van der Waals surface area contributed by atoms with E-state index in [0.29, 0.717) is 6.04 Å². The minimum atomic E-state index is 0.676. The van der Waals surface area contributed by atoms with Gasteiger partial charge in [-0.3, -0.25) is 0 Å². The number of nitrogens with zero attached hydrogens (tertiary/aromatic N) is 3. The quantitative estimate of drug-likeness (QED) is 0.873. The normalized spacial score (nSPS) is 24.4. The zero-order chi connectivity index (χ0) is 13.0. The molecule has 0 radical (unpaired) electrons. The van der Waals surface area contributed by atoms with Crippen LogP contribution >= 0.6 is 0 Å². The number of rotatable bonds is 5. The Bertz CT molecular complexity index is 364. The fourth-order valence-corrected chi connectivity index (χ4v) is 2.90. The molecule has 18 heavy (non-hydrogen) atoms. The van der Waals surface area contributed by atoms with Gasteiger partial charge >= 0.3 is 0 Å². The van der Waals surface area contributed by atoms with Gasteiger partial charge in [-0.2, -0.15) is 0 Å². The van der Waals surface area contributed by atoms with Gasteiger partial charge in [-0.25, -0.2) is 0 Å². The Kier molecular flexibility index (Phi) is 4.75. The van der Waals surface area contributed by atoms with Crippen LogP contribution in [0.4, 0.5) is 0 Å². The summed E-state index contributed by atoms with van der Waals surface area (Å²) in [6.45, 7) is 5.13. The number of aromatic nitrogens is 3. The molecule has 102 valence electrons. The van der Waals surface area contributed by atoms with Gasteiger partial charge in [0.25, 0.3) is 0 Å². The molecule has 1 aromatic heterocycles. The van der Waals surface area contributed by atoms with Gasteiger partial charge in [0.2, 0.25) is 0 Å². The Morgan fingerprint density at radius 2 is 1.94 bits per heavy atom. The van der Waals surface area contributed by atoms with Gasteiger partial charge in [0.15, 0.2) is 0 Å². The van der Waals surface area contributed by atoms with Gasteiger partial charge in [-0.05, 0) is 38.5 Å². The third-order valence-electron chi connectivity index (χ3n) is 4.28. The van der Waals surface area contributed by atoms with Crippen LogP contribution in [0.25, 0.3) is 0 Å². The van der Waals surface area contributed by atoms with Crippen molar-refractivity contribution < 1.29 is 0 Å². The lowest BCUT2D eigenvalue weighted by Crippen LogP contribution is -2.33. The van der Waals surface area contributed by atoms with Crippen molar-refractivity contribution in [1.29, 1.82) is 0 Å². The summed E-state index contributed by atoms with van der Waals surface area (Å²) in [7, 11) is 2.03. The number of nitrogens with one attached hydrogen (secondary N) is 1. The van der Waals surface area contributed by atoms with Crippen LogP contribution in [0.5, 0.6) is 0 Å². The zero-order valence-electron chi connectivity index (χ0n) is 11.9. The molecule has 0 spiro atoms. The van der Waals surface area contributed by atoms with Gasteiger partial charge in [0.1, 0.15) is 11.6 Å². The fraction of sp³-hybridized carbons (Fsp3) is 0.857. The van der Waals surface area contributed by atoms with E-state index >= 15 is 0 Å². The summed E-state index contributed by atoms with van der Waals surface area (Å²) in [6, 6.07) is 0.676. The van der Waals surface area contributed by atoms with E-state index in [9.17, 15) is 0 Å². The van der Waals surface area contributed by atoms with E-state index in [4.69, 9.17) is 0 Å². The summed E-state index contributed by atoms with van der Waals surface area (Å²) in [5.74, 6) is 3.01. The molecule has 4 nitrogen and oxygen atoms in total. The van der Waals surface area contributed by atoms with Crippen molar-refractivity contribution in [2.45, 2.75) is 65.0 Å². The lowest BCUT2D eigenvalue weighted by atomic mass is 9.83. The highest BCUT2D eigenvalue weighted by Gasteiger charge is 2.20. The average molecular weight is 250 g/mol. The third-order valence-corrected chi connectivity index (χ3v) is 4.28. The number of aryl methyl sites for hydroxylation is 1. The highest BCUT2D eigenvalue weighted by molar-refractivity contribution is 4.92. The largest absolute Gasteiger partial charge is 0.317 e. The van der Waals surface area contributed by atoms with E-state index in [1.165, 1.54) is 38.5 Å². The highest BCUT2D eigenvalue weighted by atomic mass is 15.3. The Morgan fingerprint density at radius 1 is 1.22 bits per heavy atom. The second-order valence-corrected chi connectivity index (χ2v) is 5.61. The number of hydrogen-bond donors (Lipinski definition) is 1. The molecule has 0 aromatic carbocycles. The van der Waals surface area contributed by atoms with Crippen molar-refractivity contribution in [3.63, 3.8) is 0 Å². The SMILES string of the molecule is CCCC1CCC(NCc2nnc(C)n2C)CC1. The Hall–Kier alpha value is -0.900. The standard InChI is InChI=1S/C14H26N4/c1-4-5-12-6-8-13(9-7-12)15-10-14-17-16-11(2)18(14)3/h12-13,15H,4-10H2,1-3H3. The molecule has 1 aromatic rings. The van der Waals surface area contributed by atoms with Crippen LogP contribution in [0.15, 0.2) is 0 Å². The lowest BCUT2D eigenvalue weighted by Gasteiger charge is -2.28.